The van der Waals surface area contributed by atoms with E-state index in [2.05, 4.69) is 4.72 Å². The molecule has 1 aliphatic carbocycles. The second-order valence-corrected chi connectivity index (χ2v) is 10.5. The molecule has 0 saturated carbocycles. The maximum absolute atomic E-state index is 13.0. The first-order valence-corrected chi connectivity index (χ1v) is 13.2. The molecule has 3 aromatic rings. The lowest BCUT2D eigenvalue weighted by Crippen LogP contribution is -2.42. The second-order valence-electron chi connectivity index (χ2n) is 8.76. The minimum atomic E-state index is -3.91. The molecule has 1 atom stereocenters. The quantitative estimate of drug-likeness (QED) is 0.289. The van der Waals surface area contributed by atoms with E-state index in [9.17, 15) is 18.0 Å². The number of fused-ring (bicyclic) bond motifs is 3. The van der Waals surface area contributed by atoms with Crippen molar-refractivity contribution >= 4 is 27.0 Å². The number of rotatable bonds is 8. The molecule has 1 aromatic heterocycles. The molecule has 8 heteroatoms. The highest BCUT2D eigenvalue weighted by molar-refractivity contribution is 7.89. The van der Waals surface area contributed by atoms with Gasteiger partial charge in [0, 0.05) is 17.0 Å². The molecule has 34 heavy (non-hydrogen) atoms. The number of unbranched alkanes of at least 4 members (excludes halogenated alkanes) is 1. The van der Waals surface area contributed by atoms with E-state index in [0.717, 1.165) is 47.8 Å². The van der Waals surface area contributed by atoms with Crippen molar-refractivity contribution < 1.29 is 22.4 Å². The molecule has 0 aliphatic heterocycles. The van der Waals surface area contributed by atoms with Crippen LogP contribution >= 0.6 is 0 Å². The minimum Gasteiger partial charge on any atom is -0.425 e. The zero-order valence-corrected chi connectivity index (χ0v) is 20.2. The molecule has 0 fully saturated rings. The summed E-state index contributed by atoms with van der Waals surface area (Å²) in [5.41, 5.74) is 2.68. The van der Waals surface area contributed by atoms with E-state index in [1.54, 1.807) is 24.3 Å². The molecular formula is C26H29NO6S. The number of hydrogen-bond acceptors (Lipinski definition) is 6. The standard InChI is InChI=1S/C26H29NO6S/c1-3-4-9-23(27-34(30,31)19-13-10-17(2)11-14-19)26(29)32-18-12-15-21-20-7-5-6-8-22(20)25(28)33-24(21)16-18/h10-16,23,27H,3-9H2,1-2H3/t23-/m1/s1. The highest BCUT2D eigenvalue weighted by atomic mass is 32.2. The van der Waals surface area contributed by atoms with E-state index >= 15 is 0 Å². The molecule has 0 unspecified atom stereocenters. The lowest BCUT2D eigenvalue weighted by molar-refractivity contribution is -0.136. The van der Waals surface area contributed by atoms with Gasteiger partial charge in [0.15, 0.2) is 0 Å². The van der Waals surface area contributed by atoms with Gasteiger partial charge in [-0.2, -0.15) is 4.72 Å². The van der Waals surface area contributed by atoms with Crippen LogP contribution in [0.25, 0.3) is 11.0 Å². The molecule has 180 valence electrons. The highest BCUT2D eigenvalue weighted by Crippen LogP contribution is 2.29. The maximum Gasteiger partial charge on any atom is 0.339 e. The predicted octanol–water partition coefficient (Wildman–Crippen LogP) is 4.42. The fourth-order valence-corrected chi connectivity index (χ4v) is 5.50. The highest BCUT2D eigenvalue weighted by Gasteiger charge is 2.27. The molecule has 0 radical (unpaired) electrons. The Morgan fingerprint density at radius 1 is 1.09 bits per heavy atom. The first-order chi connectivity index (χ1) is 16.3. The van der Waals surface area contributed by atoms with Crippen molar-refractivity contribution in [3.63, 3.8) is 0 Å². The van der Waals surface area contributed by atoms with Gasteiger partial charge in [0.2, 0.25) is 10.0 Å². The lowest BCUT2D eigenvalue weighted by atomic mass is 9.91. The van der Waals surface area contributed by atoms with E-state index in [-0.39, 0.29) is 16.3 Å². The van der Waals surface area contributed by atoms with Gasteiger partial charge in [0.1, 0.15) is 17.4 Å². The van der Waals surface area contributed by atoms with Crippen LogP contribution in [0.3, 0.4) is 0 Å². The normalized spacial score (nSPS) is 14.5. The van der Waals surface area contributed by atoms with E-state index in [1.165, 1.54) is 18.2 Å². The molecule has 7 nitrogen and oxygen atoms in total. The predicted molar refractivity (Wildman–Crippen MR) is 130 cm³/mol. The summed E-state index contributed by atoms with van der Waals surface area (Å²) in [6, 6.07) is 10.3. The number of aryl methyl sites for hydroxylation is 2. The number of carbonyl (C=O) groups is 1. The Balaban J connectivity index is 1.57. The third-order valence-electron chi connectivity index (χ3n) is 6.17. The van der Waals surface area contributed by atoms with Gasteiger partial charge in [0.25, 0.3) is 0 Å². The van der Waals surface area contributed by atoms with Crippen LogP contribution in [0.2, 0.25) is 0 Å². The van der Waals surface area contributed by atoms with Gasteiger partial charge < -0.3 is 9.15 Å². The molecule has 0 bridgehead atoms. The number of esters is 1. The third kappa shape index (κ3) is 5.23. The van der Waals surface area contributed by atoms with Gasteiger partial charge in [-0.25, -0.2) is 18.0 Å². The molecule has 4 rings (SSSR count). The number of benzene rings is 2. The minimum absolute atomic E-state index is 0.0876. The van der Waals surface area contributed by atoms with Gasteiger partial charge in [-0.05, 0) is 68.9 Å². The largest absolute Gasteiger partial charge is 0.425 e. The Morgan fingerprint density at radius 3 is 2.50 bits per heavy atom. The summed E-state index contributed by atoms with van der Waals surface area (Å²) >= 11 is 0. The van der Waals surface area contributed by atoms with Crippen molar-refractivity contribution in [2.45, 2.75) is 69.7 Å². The second kappa shape index (κ2) is 10.1. The fraction of sp³-hybridized carbons (Fsp3) is 0.385. The van der Waals surface area contributed by atoms with Gasteiger partial charge in [-0.15, -0.1) is 0 Å². The Morgan fingerprint density at radius 2 is 1.79 bits per heavy atom. The van der Waals surface area contributed by atoms with Crippen LogP contribution in [0.4, 0.5) is 0 Å². The summed E-state index contributed by atoms with van der Waals surface area (Å²) in [5.74, 6) is -0.503. The van der Waals surface area contributed by atoms with E-state index in [0.29, 0.717) is 24.8 Å². The summed E-state index contributed by atoms with van der Waals surface area (Å²) in [6.07, 6.45) is 5.26. The lowest BCUT2D eigenvalue weighted by Gasteiger charge is -2.18. The van der Waals surface area contributed by atoms with Crippen LogP contribution in [0.15, 0.2) is 56.6 Å². The summed E-state index contributed by atoms with van der Waals surface area (Å²) in [5, 5.41) is 0.844. The zero-order valence-electron chi connectivity index (χ0n) is 19.4. The Kier molecular flexibility index (Phi) is 7.19. The van der Waals surface area contributed by atoms with Crippen LogP contribution in [-0.2, 0) is 27.7 Å². The van der Waals surface area contributed by atoms with Crippen molar-refractivity contribution in [3.8, 4) is 5.75 Å². The summed E-state index contributed by atoms with van der Waals surface area (Å²) in [6.45, 7) is 3.83. The van der Waals surface area contributed by atoms with Gasteiger partial charge in [0.05, 0.1) is 4.90 Å². The van der Waals surface area contributed by atoms with Crippen molar-refractivity contribution in [1.29, 1.82) is 0 Å². The smallest absolute Gasteiger partial charge is 0.339 e. The van der Waals surface area contributed by atoms with Crippen molar-refractivity contribution in [1.82, 2.24) is 4.72 Å². The summed E-state index contributed by atoms with van der Waals surface area (Å²) < 4.78 is 39.2. The molecule has 1 N–H and O–H groups in total. The van der Waals surface area contributed by atoms with Crippen molar-refractivity contribution in [3.05, 3.63) is 69.6 Å². The first kappa shape index (κ1) is 24.2. The van der Waals surface area contributed by atoms with Crippen molar-refractivity contribution in [2.24, 2.45) is 0 Å². The van der Waals surface area contributed by atoms with Crippen LogP contribution in [-0.4, -0.2) is 20.4 Å². The van der Waals surface area contributed by atoms with Crippen LogP contribution in [0, 0.1) is 6.92 Å². The maximum atomic E-state index is 13.0. The van der Waals surface area contributed by atoms with Crippen LogP contribution in [0.5, 0.6) is 5.75 Å². The molecule has 2 aromatic carbocycles. The van der Waals surface area contributed by atoms with Crippen LogP contribution in [0.1, 0.15) is 55.7 Å². The molecule has 1 aliphatic rings. The zero-order chi connectivity index (χ0) is 24.3. The monoisotopic (exact) mass is 483 g/mol. The van der Waals surface area contributed by atoms with E-state index < -0.39 is 22.0 Å². The number of carbonyl (C=O) groups excluding carboxylic acids is 1. The topological polar surface area (TPSA) is 103 Å². The van der Waals surface area contributed by atoms with Gasteiger partial charge >= 0.3 is 11.6 Å². The van der Waals surface area contributed by atoms with E-state index in [1.807, 2.05) is 13.8 Å². The number of ether oxygens (including phenoxy) is 1. The Bertz CT molecular complexity index is 1360. The van der Waals surface area contributed by atoms with Gasteiger partial charge in [-0.3, -0.25) is 0 Å². The molecule has 1 heterocycles. The number of nitrogens with one attached hydrogen (secondary N) is 1. The fourth-order valence-electron chi connectivity index (χ4n) is 4.28. The first-order valence-electron chi connectivity index (χ1n) is 11.7. The van der Waals surface area contributed by atoms with Crippen LogP contribution < -0.4 is 15.1 Å². The summed E-state index contributed by atoms with van der Waals surface area (Å²) in [7, 11) is -3.91. The Hall–Kier alpha value is -2.97. The molecule has 0 amide bonds. The number of sulfonamides is 1. The van der Waals surface area contributed by atoms with E-state index in [4.69, 9.17) is 9.15 Å². The molecular weight excluding hydrogens is 454 g/mol. The average Bonchev–Trinajstić information content (AvgIpc) is 2.82. The SMILES string of the molecule is CCCC[C@@H](NS(=O)(=O)c1ccc(C)cc1)C(=O)Oc1ccc2c3c(c(=O)oc2c1)CCCC3. The third-order valence-corrected chi connectivity index (χ3v) is 7.66. The van der Waals surface area contributed by atoms with Crippen molar-refractivity contribution in [2.75, 3.05) is 0 Å². The summed E-state index contributed by atoms with van der Waals surface area (Å²) in [4.78, 5) is 25.5. The molecule has 0 spiro atoms. The Labute approximate surface area is 199 Å². The van der Waals surface area contributed by atoms with Gasteiger partial charge in [-0.1, -0.05) is 37.5 Å². The molecule has 0 saturated heterocycles. The average molecular weight is 484 g/mol. The number of hydrogen-bond donors (Lipinski definition) is 1.